The van der Waals surface area contributed by atoms with Gasteiger partial charge in [-0.1, -0.05) is 26.0 Å². The van der Waals surface area contributed by atoms with Gasteiger partial charge in [-0.05, 0) is 43.4 Å². The second kappa shape index (κ2) is 4.02. The molecular weight excluding hydrogens is 208 g/mol. The summed E-state index contributed by atoms with van der Waals surface area (Å²) in [5.74, 6) is 0. The molecule has 1 saturated carbocycles. The summed E-state index contributed by atoms with van der Waals surface area (Å²) >= 11 is 0. The van der Waals surface area contributed by atoms with E-state index >= 15 is 0 Å². The lowest BCUT2D eigenvalue weighted by atomic mass is 9.97. The first-order valence-electron chi connectivity index (χ1n) is 6.59. The summed E-state index contributed by atoms with van der Waals surface area (Å²) in [5.41, 5.74) is 9.14. The highest BCUT2D eigenvalue weighted by atomic mass is 15.1. The van der Waals surface area contributed by atoms with Crippen molar-refractivity contribution < 1.29 is 0 Å². The lowest BCUT2D eigenvalue weighted by Crippen LogP contribution is -2.26. The van der Waals surface area contributed by atoms with Crippen LogP contribution < -0.4 is 10.6 Å². The Morgan fingerprint density at radius 1 is 1.12 bits per heavy atom. The lowest BCUT2D eigenvalue weighted by molar-refractivity contribution is 0.510. The fourth-order valence-corrected chi connectivity index (χ4v) is 2.70. The molecule has 2 heteroatoms. The molecule has 2 N–H and O–H groups in total. The summed E-state index contributed by atoms with van der Waals surface area (Å²) in [6.07, 6.45) is 1.09. The SMILES string of the molecule is CCN(CC)c1ccc(C2(N)CC2(C)C)cc1. The van der Waals surface area contributed by atoms with Gasteiger partial charge < -0.3 is 10.6 Å². The van der Waals surface area contributed by atoms with Crippen LogP contribution in [0.4, 0.5) is 5.69 Å². The molecule has 17 heavy (non-hydrogen) atoms. The van der Waals surface area contributed by atoms with E-state index in [9.17, 15) is 0 Å². The minimum Gasteiger partial charge on any atom is -0.372 e. The maximum absolute atomic E-state index is 6.42. The van der Waals surface area contributed by atoms with Crippen molar-refractivity contribution in [2.75, 3.05) is 18.0 Å². The van der Waals surface area contributed by atoms with Crippen molar-refractivity contribution in [3.05, 3.63) is 29.8 Å². The molecule has 1 atom stereocenters. The largest absolute Gasteiger partial charge is 0.372 e. The average molecular weight is 232 g/mol. The van der Waals surface area contributed by atoms with Gasteiger partial charge in [-0.3, -0.25) is 0 Å². The van der Waals surface area contributed by atoms with Gasteiger partial charge >= 0.3 is 0 Å². The van der Waals surface area contributed by atoms with Crippen LogP contribution in [0.1, 0.15) is 39.7 Å². The molecule has 2 nitrogen and oxygen atoms in total. The van der Waals surface area contributed by atoms with Crippen molar-refractivity contribution in [2.45, 2.75) is 39.7 Å². The van der Waals surface area contributed by atoms with Crippen LogP contribution in [-0.2, 0) is 5.54 Å². The predicted molar refractivity (Wildman–Crippen MR) is 74.3 cm³/mol. The van der Waals surface area contributed by atoms with E-state index < -0.39 is 0 Å². The molecule has 1 aromatic carbocycles. The van der Waals surface area contributed by atoms with Crippen LogP contribution >= 0.6 is 0 Å². The monoisotopic (exact) mass is 232 g/mol. The third-order valence-corrected chi connectivity index (χ3v) is 4.31. The van der Waals surface area contributed by atoms with Gasteiger partial charge in [0.1, 0.15) is 0 Å². The van der Waals surface area contributed by atoms with Gasteiger partial charge in [0, 0.05) is 24.3 Å². The molecule has 0 bridgehead atoms. The summed E-state index contributed by atoms with van der Waals surface area (Å²) < 4.78 is 0. The molecule has 1 aliphatic rings. The van der Waals surface area contributed by atoms with E-state index in [-0.39, 0.29) is 11.0 Å². The molecular formula is C15H24N2. The highest BCUT2D eigenvalue weighted by Crippen LogP contribution is 2.60. The summed E-state index contributed by atoms with van der Waals surface area (Å²) in [7, 11) is 0. The van der Waals surface area contributed by atoms with Crippen molar-refractivity contribution in [3.63, 3.8) is 0 Å². The minimum atomic E-state index is -0.102. The Labute approximate surface area is 105 Å². The smallest absolute Gasteiger partial charge is 0.0468 e. The molecule has 1 fully saturated rings. The van der Waals surface area contributed by atoms with Crippen LogP contribution in [-0.4, -0.2) is 13.1 Å². The first kappa shape index (κ1) is 12.4. The number of anilines is 1. The molecule has 0 aromatic heterocycles. The van der Waals surface area contributed by atoms with Crippen molar-refractivity contribution in [2.24, 2.45) is 11.1 Å². The maximum Gasteiger partial charge on any atom is 0.0468 e. The van der Waals surface area contributed by atoms with Crippen molar-refractivity contribution >= 4 is 5.69 Å². The Morgan fingerprint density at radius 2 is 1.59 bits per heavy atom. The van der Waals surface area contributed by atoms with Gasteiger partial charge in [-0.25, -0.2) is 0 Å². The topological polar surface area (TPSA) is 29.3 Å². The molecule has 1 aromatic rings. The van der Waals surface area contributed by atoms with E-state index in [2.05, 4.69) is 56.9 Å². The lowest BCUT2D eigenvalue weighted by Gasteiger charge is -2.22. The van der Waals surface area contributed by atoms with Crippen LogP contribution in [0.25, 0.3) is 0 Å². The molecule has 0 aliphatic heterocycles. The molecule has 1 aliphatic carbocycles. The molecule has 0 saturated heterocycles. The van der Waals surface area contributed by atoms with Crippen molar-refractivity contribution in [3.8, 4) is 0 Å². The first-order chi connectivity index (χ1) is 7.94. The summed E-state index contributed by atoms with van der Waals surface area (Å²) in [6, 6.07) is 8.79. The fraction of sp³-hybridized carbons (Fsp3) is 0.600. The third-order valence-electron chi connectivity index (χ3n) is 4.31. The van der Waals surface area contributed by atoms with Gasteiger partial charge in [0.05, 0.1) is 0 Å². The third kappa shape index (κ3) is 1.95. The van der Waals surface area contributed by atoms with E-state index in [0.717, 1.165) is 19.5 Å². The fourth-order valence-electron chi connectivity index (χ4n) is 2.70. The van der Waals surface area contributed by atoms with Crippen LogP contribution in [0.5, 0.6) is 0 Å². The van der Waals surface area contributed by atoms with Gasteiger partial charge in [-0.15, -0.1) is 0 Å². The standard InChI is InChI=1S/C15H24N2/c1-5-17(6-2)13-9-7-12(8-10-13)15(16)11-14(15,3)4/h7-10H,5-6,11,16H2,1-4H3. The number of hydrogen-bond acceptors (Lipinski definition) is 2. The molecule has 0 spiro atoms. The Hall–Kier alpha value is -1.02. The highest BCUT2D eigenvalue weighted by molar-refractivity contribution is 5.50. The van der Waals surface area contributed by atoms with Crippen LogP contribution in [0.15, 0.2) is 24.3 Å². The van der Waals surface area contributed by atoms with Gasteiger partial charge in [0.15, 0.2) is 0 Å². The number of nitrogens with two attached hydrogens (primary N) is 1. The van der Waals surface area contributed by atoms with Gasteiger partial charge in [0.25, 0.3) is 0 Å². The maximum atomic E-state index is 6.42. The zero-order valence-electron chi connectivity index (χ0n) is 11.5. The molecule has 0 radical (unpaired) electrons. The van der Waals surface area contributed by atoms with Crippen LogP contribution in [0, 0.1) is 5.41 Å². The van der Waals surface area contributed by atoms with Crippen molar-refractivity contribution in [1.82, 2.24) is 0 Å². The number of benzene rings is 1. The number of rotatable bonds is 4. The van der Waals surface area contributed by atoms with E-state index in [0.29, 0.717) is 0 Å². The average Bonchev–Trinajstić information content (AvgIpc) is 2.82. The molecule has 2 rings (SSSR count). The van der Waals surface area contributed by atoms with E-state index in [1.807, 2.05) is 0 Å². The molecule has 0 amide bonds. The molecule has 1 unspecified atom stereocenters. The second-order valence-corrected chi connectivity index (χ2v) is 5.75. The number of hydrogen-bond donors (Lipinski definition) is 1. The zero-order valence-corrected chi connectivity index (χ0v) is 11.5. The highest BCUT2D eigenvalue weighted by Gasteiger charge is 2.59. The summed E-state index contributed by atoms with van der Waals surface area (Å²) in [5, 5.41) is 0. The Bertz CT molecular complexity index is 390. The zero-order chi connectivity index (χ0) is 12.7. The van der Waals surface area contributed by atoms with Crippen LogP contribution in [0.3, 0.4) is 0 Å². The summed E-state index contributed by atoms with van der Waals surface area (Å²) in [6.45, 7) is 11.0. The Morgan fingerprint density at radius 3 is 1.94 bits per heavy atom. The summed E-state index contributed by atoms with van der Waals surface area (Å²) in [4.78, 5) is 2.35. The second-order valence-electron chi connectivity index (χ2n) is 5.75. The Balaban J connectivity index is 2.20. The molecule has 0 heterocycles. The Kier molecular flexibility index (Phi) is 2.94. The minimum absolute atomic E-state index is 0.102. The normalized spacial score (nSPS) is 25.7. The van der Waals surface area contributed by atoms with E-state index in [4.69, 9.17) is 5.73 Å². The first-order valence-corrected chi connectivity index (χ1v) is 6.59. The van der Waals surface area contributed by atoms with E-state index in [1.54, 1.807) is 0 Å². The van der Waals surface area contributed by atoms with Crippen molar-refractivity contribution in [1.29, 1.82) is 0 Å². The van der Waals surface area contributed by atoms with Gasteiger partial charge in [0.2, 0.25) is 0 Å². The van der Waals surface area contributed by atoms with E-state index in [1.165, 1.54) is 11.3 Å². The number of nitrogens with zero attached hydrogens (tertiary/aromatic N) is 1. The van der Waals surface area contributed by atoms with Crippen LogP contribution in [0.2, 0.25) is 0 Å². The molecule has 94 valence electrons. The quantitative estimate of drug-likeness (QED) is 0.864. The predicted octanol–water partition coefficient (Wildman–Crippen LogP) is 3.12. The van der Waals surface area contributed by atoms with Gasteiger partial charge in [-0.2, -0.15) is 0 Å².